The number of aliphatic hydroxyl groups excluding tert-OH is 1. The largest absolute Gasteiger partial charge is 0.508 e. The van der Waals surface area contributed by atoms with E-state index in [2.05, 4.69) is 10.5 Å². The van der Waals surface area contributed by atoms with E-state index in [4.69, 9.17) is 18.7 Å². The predicted molar refractivity (Wildman–Crippen MR) is 200 cm³/mol. The van der Waals surface area contributed by atoms with E-state index in [1.807, 2.05) is 72.6 Å². The number of benzene rings is 3. The van der Waals surface area contributed by atoms with Crippen LogP contribution in [-0.4, -0.2) is 89.1 Å². The second-order valence-electron chi connectivity index (χ2n) is 15.1. The van der Waals surface area contributed by atoms with Gasteiger partial charge < -0.3 is 34.3 Å². The van der Waals surface area contributed by atoms with Crippen LogP contribution < -0.4 is 19.5 Å². The van der Waals surface area contributed by atoms with Crippen LogP contribution in [0.5, 0.6) is 17.4 Å². The Morgan fingerprint density at radius 3 is 2.33 bits per heavy atom. The highest BCUT2D eigenvalue weighted by Crippen LogP contribution is 2.57. The number of ether oxygens (including phenoxy) is 3. The summed E-state index contributed by atoms with van der Waals surface area (Å²) in [5, 5.41) is 31.9. The number of Topliss-reactive ketones (excluding diaryl/α,β-unsaturated/α-hetero) is 2. The van der Waals surface area contributed by atoms with Gasteiger partial charge in [-0.2, -0.15) is 0 Å². The van der Waals surface area contributed by atoms with Crippen molar-refractivity contribution in [2.24, 2.45) is 11.8 Å². The Kier molecular flexibility index (Phi) is 9.48. The molecule has 2 heterocycles. The lowest BCUT2D eigenvalue weighted by atomic mass is 9.58. The van der Waals surface area contributed by atoms with Gasteiger partial charge in [-0.15, -0.1) is 0 Å². The average molecular weight is 749 g/mol. The molecule has 3 N–H and O–H groups in total. The molecule has 1 aromatic heterocycles. The van der Waals surface area contributed by atoms with Gasteiger partial charge in [0.1, 0.15) is 30.3 Å². The summed E-state index contributed by atoms with van der Waals surface area (Å²) in [4.78, 5) is 47.0. The number of aromatic nitrogens is 1. The summed E-state index contributed by atoms with van der Waals surface area (Å²) < 4.78 is 24.0. The van der Waals surface area contributed by atoms with Crippen LogP contribution in [0.15, 0.2) is 82.6 Å². The van der Waals surface area contributed by atoms with Crippen molar-refractivity contribution in [1.29, 1.82) is 0 Å². The lowest BCUT2D eigenvalue weighted by Crippen LogP contribution is -2.59. The lowest BCUT2D eigenvalue weighted by molar-refractivity contribution is -0.119. The van der Waals surface area contributed by atoms with Gasteiger partial charge in [-0.3, -0.25) is 24.2 Å². The first kappa shape index (κ1) is 36.5. The molecule has 0 bridgehead atoms. The third-order valence-corrected chi connectivity index (χ3v) is 11.6. The van der Waals surface area contributed by atoms with Crippen LogP contribution >= 0.6 is 0 Å². The number of likely N-dealkylation sites (N-methyl/N-ethyl adjacent to an activating group) is 1. The Labute approximate surface area is 318 Å². The summed E-state index contributed by atoms with van der Waals surface area (Å²) in [6, 6.07) is 19.3. The van der Waals surface area contributed by atoms with Crippen molar-refractivity contribution in [3.05, 3.63) is 112 Å². The van der Waals surface area contributed by atoms with Gasteiger partial charge in [0.25, 0.3) is 5.88 Å². The molecule has 3 aromatic carbocycles. The van der Waals surface area contributed by atoms with Crippen molar-refractivity contribution in [2.75, 3.05) is 40.1 Å². The first-order valence-corrected chi connectivity index (χ1v) is 18.5. The number of anilines is 1. The highest BCUT2D eigenvalue weighted by molar-refractivity contribution is 6.17. The van der Waals surface area contributed by atoms with Crippen molar-refractivity contribution in [3.8, 4) is 17.4 Å². The normalized spacial score (nSPS) is 24.5. The standard InChI is InChI=1S/C42H44N4O9/c1-45(2)34-27-19-25-18-26-30(52-4)20-28(43-40(50)29-16-11-17-46(29)3)36(53-21-23-12-7-5-8-13-23)32(26)35(47)31(25)38(48)42(27,51)39(49)33-37(34)55-44-41(33)54-22-24-14-9-6-10-15-24/h5-10,12-15,20,25,27,29,34,48,51H,11,16-19,21-22H2,1-4H3,(H,43,50)/t25-,27-,29-,34-,42-/m0/s1. The van der Waals surface area contributed by atoms with Gasteiger partial charge in [-0.05, 0) is 75.6 Å². The number of likely N-dealkylation sites (tertiary alicyclic amines) is 1. The van der Waals surface area contributed by atoms with Crippen LogP contribution in [0.2, 0.25) is 0 Å². The minimum atomic E-state index is -2.51. The quantitative estimate of drug-likeness (QED) is 0.192. The third kappa shape index (κ3) is 6.06. The Bertz CT molecular complexity index is 2180. The van der Waals surface area contributed by atoms with Gasteiger partial charge in [-0.1, -0.05) is 60.7 Å². The van der Waals surface area contributed by atoms with E-state index >= 15 is 4.79 Å². The van der Waals surface area contributed by atoms with E-state index in [1.165, 1.54) is 7.11 Å². The SMILES string of the molecule is COc1cc(NC(=O)[C@@H]2CCCN2C)c(OCc2ccccc2)c2c1C[C@H]1C[C@H]3[C@H](N(C)C)c4onc(OCc5ccccc5)c4C(=O)[C@@]3(O)C(O)=C1C2=O. The van der Waals surface area contributed by atoms with Crippen LogP contribution in [0, 0.1) is 11.8 Å². The molecular formula is C42H44N4O9. The number of carbonyl (C=O) groups excluding carboxylic acids is 3. The number of carbonyl (C=O) groups is 3. The zero-order valence-electron chi connectivity index (χ0n) is 31.2. The zero-order chi connectivity index (χ0) is 38.6. The molecule has 1 saturated heterocycles. The van der Waals surface area contributed by atoms with Crippen LogP contribution in [0.3, 0.4) is 0 Å². The summed E-state index contributed by atoms with van der Waals surface area (Å²) in [6.07, 6.45) is 1.92. The van der Waals surface area contributed by atoms with Gasteiger partial charge in [0.15, 0.2) is 22.9 Å². The molecule has 0 saturated carbocycles. The highest BCUT2D eigenvalue weighted by Gasteiger charge is 2.64. The molecule has 5 atom stereocenters. The number of amides is 1. The van der Waals surface area contributed by atoms with E-state index in [9.17, 15) is 19.8 Å². The lowest BCUT2D eigenvalue weighted by Gasteiger charge is -2.49. The van der Waals surface area contributed by atoms with Crippen molar-refractivity contribution in [2.45, 2.75) is 56.6 Å². The monoisotopic (exact) mass is 748 g/mol. The van der Waals surface area contributed by atoms with E-state index in [-0.39, 0.29) is 77.8 Å². The molecule has 13 nitrogen and oxygen atoms in total. The maximum atomic E-state index is 15.0. The Hall–Kier alpha value is -5.50. The van der Waals surface area contributed by atoms with Gasteiger partial charge >= 0.3 is 0 Å². The first-order valence-electron chi connectivity index (χ1n) is 18.5. The van der Waals surface area contributed by atoms with Gasteiger partial charge in [-0.25, -0.2) is 0 Å². The molecule has 0 radical (unpaired) electrons. The molecule has 286 valence electrons. The number of ketones is 2. The molecule has 0 unspecified atom stereocenters. The molecule has 4 aliphatic rings. The zero-order valence-corrected chi connectivity index (χ0v) is 31.2. The fourth-order valence-electron chi connectivity index (χ4n) is 8.89. The molecule has 4 aromatic rings. The summed E-state index contributed by atoms with van der Waals surface area (Å²) >= 11 is 0. The molecule has 1 aliphatic heterocycles. The highest BCUT2D eigenvalue weighted by atomic mass is 16.5. The second-order valence-corrected chi connectivity index (χ2v) is 15.1. The van der Waals surface area contributed by atoms with E-state index in [0.29, 0.717) is 17.7 Å². The first-order chi connectivity index (χ1) is 26.5. The van der Waals surface area contributed by atoms with Crippen LogP contribution in [0.25, 0.3) is 0 Å². The van der Waals surface area contributed by atoms with E-state index in [1.54, 1.807) is 25.1 Å². The molecule has 0 spiro atoms. The van der Waals surface area contributed by atoms with Crippen LogP contribution in [0.4, 0.5) is 5.69 Å². The third-order valence-electron chi connectivity index (χ3n) is 11.6. The minimum absolute atomic E-state index is 0.0740. The number of methoxy groups -OCH3 is 1. The number of nitrogens with one attached hydrogen (secondary N) is 1. The fourth-order valence-corrected chi connectivity index (χ4v) is 8.89. The number of aliphatic hydroxyl groups is 2. The Balaban J connectivity index is 1.23. The second kappa shape index (κ2) is 14.3. The number of fused-ring (bicyclic) bond motifs is 4. The molecule has 1 fully saturated rings. The number of rotatable bonds is 10. The molecule has 13 heteroatoms. The topological polar surface area (TPSA) is 164 Å². The van der Waals surface area contributed by atoms with Crippen LogP contribution in [0.1, 0.15) is 68.5 Å². The van der Waals surface area contributed by atoms with E-state index in [0.717, 1.165) is 24.1 Å². The smallest absolute Gasteiger partial charge is 0.265 e. The van der Waals surface area contributed by atoms with Crippen LogP contribution in [-0.2, 0) is 24.4 Å². The summed E-state index contributed by atoms with van der Waals surface area (Å²) in [5.41, 5.74) is -0.152. The number of nitrogens with zero attached hydrogens (tertiary/aromatic N) is 3. The summed E-state index contributed by atoms with van der Waals surface area (Å²) in [6.45, 7) is 0.935. The number of hydrogen-bond donors (Lipinski definition) is 3. The molecule has 8 rings (SSSR count). The number of hydrogen-bond acceptors (Lipinski definition) is 12. The maximum Gasteiger partial charge on any atom is 0.265 e. The van der Waals surface area contributed by atoms with Crippen molar-refractivity contribution >= 4 is 23.2 Å². The number of allylic oxidation sites excluding steroid dienone is 1. The van der Waals surface area contributed by atoms with E-state index < -0.39 is 40.8 Å². The summed E-state index contributed by atoms with van der Waals surface area (Å²) in [5.74, 6) is -3.40. The van der Waals surface area contributed by atoms with Crippen molar-refractivity contribution < 1.29 is 43.3 Å². The van der Waals surface area contributed by atoms with Gasteiger partial charge in [0.05, 0.1) is 30.4 Å². The van der Waals surface area contributed by atoms with Crippen molar-refractivity contribution in [3.63, 3.8) is 0 Å². The van der Waals surface area contributed by atoms with Gasteiger partial charge in [0.2, 0.25) is 11.7 Å². The summed E-state index contributed by atoms with van der Waals surface area (Å²) in [7, 11) is 6.96. The van der Waals surface area contributed by atoms with Crippen molar-refractivity contribution in [1.82, 2.24) is 15.0 Å². The fraction of sp³-hybridized carbons (Fsp3) is 0.381. The Morgan fingerprint density at radius 2 is 1.71 bits per heavy atom. The molecule has 55 heavy (non-hydrogen) atoms. The maximum absolute atomic E-state index is 15.0. The molecule has 1 amide bonds. The molecular weight excluding hydrogens is 704 g/mol. The Morgan fingerprint density at radius 1 is 1.04 bits per heavy atom. The predicted octanol–water partition coefficient (Wildman–Crippen LogP) is 5.29. The van der Waals surface area contributed by atoms with Gasteiger partial charge in [0, 0.05) is 23.1 Å². The average Bonchev–Trinajstić information content (AvgIpc) is 3.81. The molecule has 3 aliphatic carbocycles. The minimum Gasteiger partial charge on any atom is -0.508 e.